The topological polar surface area (TPSA) is 29.1 Å². The summed E-state index contributed by atoms with van der Waals surface area (Å²) in [7, 11) is 0. The van der Waals surface area contributed by atoms with Gasteiger partial charge in [-0.05, 0) is 36.1 Å². The summed E-state index contributed by atoms with van der Waals surface area (Å²) in [5.74, 6) is 0.0122. The smallest absolute Gasteiger partial charge is 0.137 e. The van der Waals surface area contributed by atoms with Gasteiger partial charge in [-0.1, -0.05) is 11.6 Å². The van der Waals surface area contributed by atoms with Crippen LogP contribution in [0.1, 0.15) is 12.0 Å². The zero-order valence-corrected chi connectivity index (χ0v) is 9.30. The van der Waals surface area contributed by atoms with Gasteiger partial charge in [-0.25, -0.2) is 4.39 Å². The van der Waals surface area contributed by atoms with Crippen LogP contribution in [0.3, 0.4) is 0 Å². The van der Waals surface area contributed by atoms with Gasteiger partial charge in [0.1, 0.15) is 12.1 Å². The Morgan fingerprint density at radius 2 is 2.38 bits per heavy atom. The van der Waals surface area contributed by atoms with Crippen LogP contribution in [-0.2, 0) is 10.2 Å². The van der Waals surface area contributed by atoms with Gasteiger partial charge in [0.15, 0.2) is 0 Å². The summed E-state index contributed by atoms with van der Waals surface area (Å²) in [4.78, 5) is 10.8. The zero-order valence-electron chi connectivity index (χ0n) is 8.54. The van der Waals surface area contributed by atoms with E-state index in [1.807, 2.05) is 0 Å². The predicted octanol–water partition coefficient (Wildman–Crippen LogP) is 1.91. The quantitative estimate of drug-likeness (QED) is 0.799. The molecule has 0 bridgehead atoms. The van der Waals surface area contributed by atoms with Gasteiger partial charge in [-0.15, -0.1) is 0 Å². The van der Waals surface area contributed by atoms with Crippen molar-refractivity contribution < 1.29 is 9.18 Å². The number of aldehydes is 1. The Kier molecular flexibility index (Phi) is 2.10. The van der Waals surface area contributed by atoms with Gasteiger partial charge in [0.25, 0.3) is 0 Å². The lowest BCUT2D eigenvalue weighted by Gasteiger charge is -2.13. The first-order valence-electron chi connectivity index (χ1n) is 5.31. The van der Waals surface area contributed by atoms with Crippen molar-refractivity contribution in [2.45, 2.75) is 17.9 Å². The van der Waals surface area contributed by atoms with Crippen LogP contribution in [0.15, 0.2) is 18.2 Å². The minimum atomic E-state index is -0.222. The number of benzene rings is 1. The third kappa shape index (κ3) is 1.25. The number of piperidine rings is 1. The Bertz CT molecular complexity index is 464. The van der Waals surface area contributed by atoms with E-state index in [4.69, 9.17) is 11.6 Å². The number of carbonyl (C=O) groups is 1. The Hall–Kier alpha value is -0.930. The average molecular weight is 240 g/mol. The van der Waals surface area contributed by atoms with E-state index in [1.165, 1.54) is 6.07 Å². The second-order valence-corrected chi connectivity index (χ2v) is 5.07. The third-order valence-corrected chi connectivity index (χ3v) is 4.07. The van der Waals surface area contributed by atoms with Gasteiger partial charge in [0.05, 0.1) is 6.04 Å². The van der Waals surface area contributed by atoms with Crippen molar-refractivity contribution in [2.75, 3.05) is 6.54 Å². The van der Waals surface area contributed by atoms with Crippen LogP contribution in [0.4, 0.5) is 4.39 Å². The van der Waals surface area contributed by atoms with E-state index in [2.05, 4.69) is 5.32 Å². The first-order chi connectivity index (χ1) is 7.67. The van der Waals surface area contributed by atoms with Crippen LogP contribution >= 0.6 is 11.6 Å². The zero-order chi connectivity index (χ0) is 11.3. The van der Waals surface area contributed by atoms with Gasteiger partial charge in [-0.2, -0.15) is 0 Å². The summed E-state index contributed by atoms with van der Waals surface area (Å²) in [6.45, 7) is 0.665. The summed E-state index contributed by atoms with van der Waals surface area (Å²) >= 11 is 5.89. The average Bonchev–Trinajstić information content (AvgIpc) is 2.90. The number of halogens is 2. The highest BCUT2D eigenvalue weighted by Crippen LogP contribution is 2.59. The molecule has 1 heterocycles. The minimum absolute atomic E-state index is 0.126. The standard InChI is InChI=1S/C12H11ClFNO/c13-7-1-2-10(14)8(3-7)12-4-9(12)11(5-16)15-6-12/h1-3,5,9,11,15H,4,6H2/t9-,11?,12+/m0/s1. The fourth-order valence-corrected chi connectivity index (χ4v) is 3.05. The molecule has 3 rings (SSSR count). The molecule has 0 aromatic heterocycles. The molecule has 2 nitrogen and oxygen atoms in total. The van der Waals surface area contributed by atoms with Crippen LogP contribution < -0.4 is 5.32 Å². The van der Waals surface area contributed by atoms with Gasteiger partial charge in [-0.3, -0.25) is 0 Å². The Morgan fingerprint density at radius 3 is 3.00 bits per heavy atom. The molecular formula is C12H11ClFNO. The van der Waals surface area contributed by atoms with E-state index >= 15 is 0 Å². The monoisotopic (exact) mass is 239 g/mol. The fourth-order valence-electron chi connectivity index (χ4n) is 2.88. The molecule has 1 aromatic rings. The van der Waals surface area contributed by atoms with E-state index < -0.39 is 0 Å². The molecule has 1 saturated heterocycles. The van der Waals surface area contributed by atoms with Gasteiger partial charge < -0.3 is 10.1 Å². The molecule has 1 aromatic carbocycles. The summed E-state index contributed by atoms with van der Waals surface area (Å²) in [6.07, 6.45) is 1.79. The minimum Gasteiger partial charge on any atom is -0.307 e. The largest absolute Gasteiger partial charge is 0.307 e. The van der Waals surface area contributed by atoms with E-state index in [9.17, 15) is 9.18 Å². The molecule has 1 unspecified atom stereocenters. The highest BCUT2D eigenvalue weighted by molar-refractivity contribution is 6.30. The van der Waals surface area contributed by atoms with E-state index in [0.29, 0.717) is 17.1 Å². The Balaban J connectivity index is 2.00. The van der Waals surface area contributed by atoms with Crippen molar-refractivity contribution in [3.05, 3.63) is 34.6 Å². The van der Waals surface area contributed by atoms with Crippen LogP contribution in [0.5, 0.6) is 0 Å². The number of carbonyl (C=O) groups excluding carboxylic acids is 1. The molecule has 0 radical (unpaired) electrons. The molecule has 84 valence electrons. The number of hydrogen-bond acceptors (Lipinski definition) is 2. The summed E-state index contributed by atoms with van der Waals surface area (Å²) in [5.41, 5.74) is 0.461. The number of nitrogens with one attached hydrogen (secondary N) is 1. The van der Waals surface area contributed by atoms with Crippen molar-refractivity contribution >= 4 is 17.9 Å². The van der Waals surface area contributed by atoms with E-state index in [-0.39, 0.29) is 23.2 Å². The SMILES string of the molecule is O=CC1NC[C@@]2(c3cc(Cl)ccc3F)C[C@@H]12. The van der Waals surface area contributed by atoms with Gasteiger partial charge in [0.2, 0.25) is 0 Å². The predicted molar refractivity (Wildman–Crippen MR) is 59.0 cm³/mol. The Labute approximate surface area is 97.8 Å². The van der Waals surface area contributed by atoms with E-state index in [0.717, 1.165) is 12.7 Å². The highest BCUT2D eigenvalue weighted by Gasteiger charge is 2.63. The van der Waals surface area contributed by atoms with Crippen LogP contribution in [0.2, 0.25) is 5.02 Å². The molecule has 1 N–H and O–H groups in total. The Morgan fingerprint density at radius 1 is 1.56 bits per heavy atom. The molecule has 0 amide bonds. The van der Waals surface area contributed by atoms with Crippen molar-refractivity contribution in [2.24, 2.45) is 5.92 Å². The highest BCUT2D eigenvalue weighted by atomic mass is 35.5. The van der Waals surface area contributed by atoms with Crippen molar-refractivity contribution in [1.29, 1.82) is 0 Å². The van der Waals surface area contributed by atoms with Crippen LogP contribution in [-0.4, -0.2) is 18.9 Å². The molecule has 1 aliphatic heterocycles. The lowest BCUT2D eigenvalue weighted by molar-refractivity contribution is -0.109. The van der Waals surface area contributed by atoms with Gasteiger partial charge in [0, 0.05) is 17.0 Å². The maximum Gasteiger partial charge on any atom is 0.137 e. The lowest BCUT2D eigenvalue weighted by atomic mass is 9.94. The molecule has 1 aliphatic carbocycles. The summed E-state index contributed by atoms with van der Waals surface area (Å²) in [6, 6.07) is 4.51. The second-order valence-electron chi connectivity index (χ2n) is 4.63. The van der Waals surface area contributed by atoms with Gasteiger partial charge >= 0.3 is 0 Å². The first-order valence-corrected chi connectivity index (χ1v) is 5.69. The number of fused-ring (bicyclic) bond motifs is 1. The third-order valence-electron chi connectivity index (χ3n) is 3.83. The van der Waals surface area contributed by atoms with Crippen LogP contribution in [0.25, 0.3) is 0 Å². The van der Waals surface area contributed by atoms with Crippen molar-refractivity contribution in [3.8, 4) is 0 Å². The first kappa shape index (κ1) is 10.2. The molecule has 3 atom stereocenters. The molecule has 1 saturated carbocycles. The van der Waals surface area contributed by atoms with Crippen molar-refractivity contribution in [3.63, 3.8) is 0 Å². The summed E-state index contributed by atoms with van der Waals surface area (Å²) < 4.78 is 13.7. The maximum atomic E-state index is 13.7. The fraction of sp³-hybridized carbons (Fsp3) is 0.417. The number of hydrogen-bond donors (Lipinski definition) is 1. The molecular weight excluding hydrogens is 229 g/mol. The summed E-state index contributed by atoms with van der Waals surface area (Å²) in [5, 5.41) is 3.66. The number of rotatable bonds is 2. The normalized spacial score (nSPS) is 35.9. The van der Waals surface area contributed by atoms with Crippen LogP contribution in [0, 0.1) is 11.7 Å². The molecule has 4 heteroatoms. The second kappa shape index (κ2) is 3.28. The van der Waals surface area contributed by atoms with Crippen molar-refractivity contribution in [1.82, 2.24) is 5.32 Å². The molecule has 2 fully saturated rings. The van der Waals surface area contributed by atoms with E-state index in [1.54, 1.807) is 12.1 Å². The molecule has 0 spiro atoms. The lowest BCUT2D eigenvalue weighted by Crippen LogP contribution is -2.28. The maximum absolute atomic E-state index is 13.7. The molecule has 2 aliphatic rings. The molecule has 16 heavy (non-hydrogen) atoms.